The number of sulfone groups is 1. The topological polar surface area (TPSA) is 85.3 Å². The molecule has 0 bridgehead atoms. The number of hydrogen-bond acceptors (Lipinski definition) is 5. The van der Waals surface area contributed by atoms with Crippen LogP contribution in [0.2, 0.25) is 5.02 Å². The molecule has 4 aromatic rings. The lowest BCUT2D eigenvalue weighted by atomic mass is 10.1. The lowest BCUT2D eigenvalue weighted by Gasteiger charge is -2.13. The highest BCUT2D eigenvalue weighted by Gasteiger charge is 2.25. The number of benzene rings is 2. The second-order valence-electron chi connectivity index (χ2n) is 7.84. The summed E-state index contributed by atoms with van der Waals surface area (Å²) in [4.78, 5) is 0.234. The fourth-order valence-electron chi connectivity index (χ4n) is 3.19. The molecule has 0 aliphatic heterocycles. The van der Waals surface area contributed by atoms with Gasteiger partial charge in [-0.2, -0.15) is 5.10 Å². The highest BCUT2D eigenvalue weighted by molar-refractivity contribution is 7.90. The zero-order valence-electron chi connectivity index (χ0n) is 17.2. The molecule has 0 saturated heterocycles. The van der Waals surface area contributed by atoms with E-state index in [4.69, 9.17) is 16.0 Å². The van der Waals surface area contributed by atoms with Crippen molar-refractivity contribution in [2.75, 3.05) is 6.26 Å². The van der Waals surface area contributed by atoms with Crippen LogP contribution in [0, 0.1) is 0 Å². The molecule has 160 valence electrons. The van der Waals surface area contributed by atoms with Gasteiger partial charge in [0.1, 0.15) is 11.3 Å². The molecule has 31 heavy (non-hydrogen) atoms. The van der Waals surface area contributed by atoms with Gasteiger partial charge in [-0.3, -0.25) is 0 Å². The average molecular weight is 457 g/mol. The largest absolute Gasteiger partial charge is 0.462 e. The molecule has 0 atom stereocenters. The number of para-hydroxylation sites is 1. The molecule has 0 fully saturated rings. The van der Waals surface area contributed by atoms with E-state index in [9.17, 15) is 13.5 Å². The Morgan fingerprint density at radius 3 is 2.45 bits per heavy atom. The van der Waals surface area contributed by atoms with Crippen LogP contribution in [-0.2, 0) is 15.4 Å². The quantitative estimate of drug-likeness (QED) is 0.452. The number of aromatic nitrogens is 2. The summed E-state index contributed by atoms with van der Waals surface area (Å²) in [5.41, 5.74) is 1.98. The van der Waals surface area contributed by atoms with Gasteiger partial charge < -0.3 is 9.52 Å². The summed E-state index contributed by atoms with van der Waals surface area (Å²) in [6, 6.07) is 17.5. The minimum Gasteiger partial charge on any atom is -0.462 e. The number of nitrogens with zero attached hydrogens (tertiary/aromatic N) is 2. The van der Waals surface area contributed by atoms with Gasteiger partial charge in [0, 0.05) is 11.8 Å². The molecule has 0 aliphatic rings. The lowest BCUT2D eigenvalue weighted by molar-refractivity contribution is 0.0734. The molecule has 0 spiro atoms. The standard InChI is InChI=1S/C23H21ClN2O4S/c1-23(2,27)22-13-20(26(25-22)19-10-5-4-9-18(19)24)21-12-16(14-30-21)15-7-6-8-17(11-15)31(3,28)29/h4-14,27H,1-3H3. The molecule has 0 saturated carbocycles. The summed E-state index contributed by atoms with van der Waals surface area (Å²) in [6.45, 7) is 3.31. The minimum atomic E-state index is -3.33. The molecule has 2 aromatic carbocycles. The average Bonchev–Trinajstić information content (AvgIpc) is 3.35. The number of aliphatic hydroxyl groups is 1. The van der Waals surface area contributed by atoms with Crippen LogP contribution < -0.4 is 0 Å². The van der Waals surface area contributed by atoms with Crippen molar-refractivity contribution in [2.45, 2.75) is 24.3 Å². The van der Waals surface area contributed by atoms with E-state index in [1.165, 1.54) is 6.26 Å². The van der Waals surface area contributed by atoms with Gasteiger partial charge in [0.15, 0.2) is 15.6 Å². The van der Waals surface area contributed by atoms with Crippen molar-refractivity contribution in [3.63, 3.8) is 0 Å². The first-order chi connectivity index (χ1) is 14.5. The first-order valence-electron chi connectivity index (χ1n) is 9.51. The van der Waals surface area contributed by atoms with Crippen molar-refractivity contribution in [3.05, 3.63) is 77.6 Å². The lowest BCUT2D eigenvalue weighted by Crippen LogP contribution is -2.16. The van der Waals surface area contributed by atoms with E-state index in [1.807, 2.05) is 24.3 Å². The van der Waals surface area contributed by atoms with Crippen LogP contribution in [-0.4, -0.2) is 29.6 Å². The van der Waals surface area contributed by atoms with E-state index in [0.29, 0.717) is 33.4 Å². The molecule has 0 unspecified atom stereocenters. The molecular formula is C23H21ClN2O4S. The van der Waals surface area contributed by atoms with Crippen LogP contribution >= 0.6 is 11.6 Å². The van der Waals surface area contributed by atoms with E-state index >= 15 is 0 Å². The Morgan fingerprint density at radius 2 is 1.77 bits per heavy atom. The molecule has 0 amide bonds. The molecule has 2 aromatic heterocycles. The monoisotopic (exact) mass is 456 g/mol. The van der Waals surface area contributed by atoms with Crippen molar-refractivity contribution in [2.24, 2.45) is 0 Å². The summed E-state index contributed by atoms with van der Waals surface area (Å²) < 4.78 is 31.3. The maximum Gasteiger partial charge on any atom is 0.175 e. The highest BCUT2D eigenvalue weighted by atomic mass is 35.5. The van der Waals surface area contributed by atoms with Gasteiger partial charge in [-0.05, 0) is 55.8 Å². The molecule has 0 radical (unpaired) electrons. The maximum atomic E-state index is 11.9. The van der Waals surface area contributed by atoms with Gasteiger partial charge in [0.25, 0.3) is 0 Å². The van der Waals surface area contributed by atoms with Crippen molar-refractivity contribution in [1.29, 1.82) is 0 Å². The molecule has 2 heterocycles. The van der Waals surface area contributed by atoms with E-state index in [-0.39, 0.29) is 4.90 Å². The third-order valence-electron chi connectivity index (χ3n) is 4.86. The van der Waals surface area contributed by atoms with Crippen LogP contribution in [0.4, 0.5) is 0 Å². The minimum absolute atomic E-state index is 0.234. The zero-order chi connectivity index (χ0) is 22.4. The highest BCUT2D eigenvalue weighted by Crippen LogP contribution is 2.34. The summed E-state index contributed by atoms with van der Waals surface area (Å²) in [5.74, 6) is 0.502. The van der Waals surface area contributed by atoms with E-state index < -0.39 is 15.4 Å². The van der Waals surface area contributed by atoms with E-state index in [0.717, 1.165) is 5.56 Å². The number of hydrogen-bond donors (Lipinski definition) is 1. The van der Waals surface area contributed by atoms with Crippen LogP contribution in [0.5, 0.6) is 0 Å². The fourth-order valence-corrected chi connectivity index (χ4v) is 4.07. The summed E-state index contributed by atoms with van der Waals surface area (Å²) in [6.07, 6.45) is 2.73. The molecule has 8 heteroatoms. The predicted molar refractivity (Wildman–Crippen MR) is 120 cm³/mol. The Kier molecular flexibility index (Phi) is 5.29. The van der Waals surface area contributed by atoms with Crippen LogP contribution in [0.25, 0.3) is 28.3 Å². The summed E-state index contributed by atoms with van der Waals surface area (Å²) >= 11 is 6.39. The van der Waals surface area contributed by atoms with Crippen LogP contribution in [0.3, 0.4) is 0 Å². The van der Waals surface area contributed by atoms with Gasteiger partial charge in [-0.25, -0.2) is 13.1 Å². The van der Waals surface area contributed by atoms with Gasteiger partial charge in [-0.15, -0.1) is 0 Å². The van der Waals surface area contributed by atoms with Gasteiger partial charge >= 0.3 is 0 Å². The predicted octanol–water partition coefficient (Wildman–Crippen LogP) is 5.08. The number of rotatable bonds is 5. The summed E-state index contributed by atoms with van der Waals surface area (Å²) in [7, 11) is -3.33. The normalized spacial score (nSPS) is 12.3. The van der Waals surface area contributed by atoms with Crippen molar-refractivity contribution < 1.29 is 17.9 Å². The Labute approximate surface area is 185 Å². The maximum absolute atomic E-state index is 11.9. The Bertz CT molecular complexity index is 1360. The molecule has 4 rings (SSSR count). The third kappa shape index (κ3) is 4.30. The first kappa shape index (κ1) is 21.4. The van der Waals surface area contributed by atoms with Crippen molar-refractivity contribution in [3.8, 4) is 28.3 Å². The van der Waals surface area contributed by atoms with Gasteiger partial charge in [0.05, 0.1) is 27.6 Å². The van der Waals surface area contributed by atoms with E-state index in [2.05, 4.69) is 5.10 Å². The Balaban J connectivity index is 1.84. The third-order valence-corrected chi connectivity index (χ3v) is 6.29. The number of furan rings is 1. The molecular weight excluding hydrogens is 436 g/mol. The Morgan fingerprint density at radius 1 is 1.03 bits per heavy atom. The van der Waals surface area contributed by atoms with Crippen LogP contribution in [0.15, 0.2) is 76.2 Å². The SMILES string of the molecule is CC(C)(O)c1cc(-c2cc(-c3cccc(S(C)(=O)=O)c3)co2)n(-c2ccccc2Cl)n1. The summed E-state index contributed by atoms with van der Waals surface area (Å²) in [5, 5.41) is 15.5. The smallest absolute Gasteiger partial charge is 0.175 e. The fraction of sp³-hybridized carbons (Fsp3) is 0.174. The van der Waals surface area contributed by atoms with Crippen molar-refractivity contribution in [1.82, 2.24) is 9.78 Å². The molecule has 1 N–H and O–H groups in total. The second-order valence-corrected chi connectivity index (χ2v) is 10.3. The Hall–Kier alpha value is -2.87. The van der Waals surface area contributed by atoms with Gasteiger partial charge in [-0.1, -0.05) is 35.9 Å². The van der Waals surface area contributed by atoms with Gasteiger partial charge in [0.2, 0.25) is 0 Å². The van der Waals surface area contributed by atoms with Crippen molar-refractivity contribution >= 4 is 21.4 Å². The zero-order valence-corrected chi connectivity index (χ0v) is 18.8. The first-order valence-corrected chi connectivity index (χ1v) is 11.8. The molecule has 0 aliphatic carbocycles. The van der Waals surface area contributed by atoms with Crippen LogP contribution in [0.1, 0.15) is 19.5 Å². The second kappa shape index (κ2) is 7.67. The number of halogens is 1. The van der Waals surface area contributed by atoms with E-state index in [1.54, 1.807) is 61.2 Å². The molecule has 6 nitrogen and oxygen atoms in total.